The first-order chi connectivity index (χ1) is 13.1. The van der Waals surface area contributed by atoms with E-state index >= 15 is 0 Å². The van der Waals surface area contributed by atoms with E-state index in [1.165, 1.54) is 29.1 Å². The summed E-state index contributed by atoms with van der Waals surface area (Å²) in [6, 6.07) is 12.0. The first-order valence-electron chi connectivity index (χ1n) is 8.63. The molecule has 3 rings (SSSR count). The Morgan fingerprint density at radius 1 is 1.22 bits per heavy atom. The molecule has 0 radical (unpaired) electrons. The fourth-order valence-corrected chi connectivity index (χ4v) is 5.45. The van der Waals surface area contributed by atoms with Gasteiger partial charge in [0.1, 0.15) is 5.92 Å². The van der Waals surface area contributed by atoms with E-state index < -0.39 is 5.92 Å². The van der Waals surface area contributed by atoms with E-state index in [-0.39, 0.29) is 17.3 Å². The molecule has 27 heavy (non-hydrogen) atoms. The van der Waals surface area contributed by atoms with Crippen LogP contribution in [0.2, 0.25) is 0 Å². The fourth-order valence-electron chi connectivity index (χ4n) is 2.70. The number of nitrogens with one attached hydrogen (secondary N) is 1. The van der Waals surface area contributed by atoms with Gasteiger partial charge in [-0.25, -0.2) is 0 Å². The van der Waals surface area contributed by atoms with E-state index in [9.17, 15) is 9.59 Å². The van der Waals surface area contributed by atoms with Gasteiger partial charge in [0.25, 0.3) is 0 Å². The summed E-state index contributed by atoms with van der Waals surface area (Å²) in [5, 5.41) is 6.60. The Kier molecular flexibility index (Phi) is 7.04. The van der Waals surface area contributed by atoms with E-state index in [1.807, 2.05) is 54.1 Å². The van der Waals surface area contributed by atoms with Crippen LogP contribution < -0.4 is 5.32 Å². The zero-order chi connectivity index (χ0) is 19.2. The molecule has 1 aliphatic rings. The highest BCUT2D eigenvalue weighted by Crippen LogP contribution is 2.42. The number of hydrogen-bond acceptors (Lipinski definition) is 6. The number of ether oxygens (including phenoxy) is 1. The molecule has 7 heteroatoms. The largest absolute Gasteiger partial charge is 0.465 e. The van der Waals surface area contributed by atoms with Crippen molar-refractivity contribution in [2.45, 2.75) is 24.1 Å². The van der Waals surface area contributed by atoms with Crippen LogP contribution in [0, 0.1) is 12.8 Å². The minimum absolute atomic E-state index is 0.0896. The van der Waals surface area contributed by atoms with E-state index in [0.29, 0.717) is 12.4 Å². The SMILES string of the molecule is CCOC(=O)[C@H]1C(c2cccs2)=CS[C@@H]1NC(=O)CSc1ccc(C)cc1. The van der Waals surface area contributed by atoms with Gasteiger partial charge in [0.05, 0.1) is 17.7 Å². The lowest BCUT2D eigenvalue weighted by Crippen LogP contribution is -2.41. The molecular weight excluding hydrogens is 398 g/mol. The highest BCUT2D eigenvalue weighted by atomic mass is 32.2. The van der Waals surface area contributed by atoms with Crippen LogP contribution in [0.5, 0.6) is 0 Å². The van der Waals surface area contributed by atoms with Crippen LogP contribution in [0.25, 0.3) is 5.57 Å². The van der Waals surface area contributed by atoms with Gasteiger partial charge in [0.15, 0.2) is 0 Å². The smallest absolute Gasteiger partial charge is 0.316 e. The maximum atomic E-state index is 12.5. The van der Waals surface area contributed by atoms with Crippen molar-refractivity contribution in [1.82, 2.24) is 5.32 Å². The molecule has 1 N–H and O–H groups in total. The van der Waals surface area contributed by atoms with Crippen molar-refractivity contribution in [3.05, 3.63) is 57.6 Å². The van der Waals surface area contributed by atoms with Crippen LogP contribution in [0.4, 0.5) is 0 Å². The van der Waals surface area contributed by atoms with Crippen molar-refractivity contribution in [2.75, 3.05) is 12.4 Å². The van der Waals surface area contributed by atoms with Crippen molar-refractivity contribution < 1.29 is 14.3 Å². The van der Waals surface area contributed by atoms with Crippen molar-refractivity contribution in [3.63, 3.8) is 0 Å². The molecule has 4 nitrogen and oxygen atoms in total. The number of amides is 1. The molecule has 0 spiro atoms. The van der Waals surface area contributed by atoms with Gasteiger partial charge in [-0.15, -0.1) is 34.9 Å². The van der Waals surface area contributed by atoms with Gasteiger partial charge < -0.3 is 10.1 Å². The lowest BCUT2D eigenvalue weighted by molar-refractivity contribution is -0.146. The molecule has 1 aliphatic heterocycles. The molecule has 0 saturated heterocycles. The van der Waals surface area contributed by atoms with Crippen LogP contribution >= 0.6 is 34.9 Å². The number of carbonyl (C=O) groups is 2. The van der Waals surface area contributed by atoms with Crippen molar-refractivity contribution >= 4 is 52.3 Å². The average molecular weight is 420 g/mol. The van der Waals surface area contributed by atoms with Gasteiger partial charge in [-0.05, 0) is 48.4 Å². The second kappa shape index (κ2) is 9.48. The highest BCUT2D eigenvalue weighted by Gasteiger charge is 2.39. The molecule has 1 aromatic heterocycles. The predicted molar refractivity (Wildman–Crippen MR) is 114 cm³/mol. The molecule has 2 aromatic rings. The maximum Gasteiger partial charge on any atom is 0.316 e. The first kappa shape index (κ1) is 20.0. The standard InChI is InChI=1S/C20H21NO3S3/c1-3-24-20(23)18-15(16-5-4-10-25-16)11-27-19(18)21-17(22)12-26-14-8-6-13(2)7-9-14/h4-11,18-19H,3,12H2,1-2H3,(H,21,22)/t18-,19-/m0/s1. The lowest BCUT2D eigenvalue weighted by Gasteiger charge is -2.21. The quantitative estimate of drug-likeness (QED) is 0.527. The summed E-state index contributed by atoms with van der Waals surface area (Å²) in [5.74, 6) is -0.557. The highest BCUT2D eigenvalue weighted by molar-refractivity contribution is 8.03. The minimum atomic E-state index is -0.484. The Balaban J connectivity index is 1.63. The Hall–Kier alpha value is -1.70. The Morgan fingerprint density at radius 2 is 2.00 bits per heavy atom. The van der Waals surface area contributed by atoms with Crippen molar-refractivity contribution in [1.29, 1.82) is 0 Å². The molecule has 2 heterocycles. The average Bonchev–Trinajstić information content (AvgIpc) is 3.31. The van der Waals surface area contributed by atoms with Gasteiger partial charge in [-0.1, -0.05) is 23.8 Å². The topological polar surface area (TPSA) is 55.4 Å². The van der Waals surface area contributed by atoms with Crippen LogP contribution in [0.3, 0.4) is 0 Å². The van der Waals surface area contributed by atoms with Crippen LogP contribution in [-0.2, 0) is 14.3 Å². The van der Waals surface area contributed by atoms with Crippen LogP contribution in [0.15, 0.2) is 52.1 Å². The number of benzene rings is 1. The van der Waals surface area contributed by atoms with Crippen LogP contribution in [0.1, 0.15) is 17.4 Å². The monoisotopic (exact) mass is 419 g/mol. The third kappa shape index (κ3) is 5.18. The van der Waals surface area contributed by atoms with E-state index in [1.54, 1.807) is 18.3 Å². The van der Waals surface area contributed by atoms with E-state index in [0.717, 1.165) is 15.3 Å². The van der Waals surface area contributed by atoms with Gasteiger partial charge in [-0.2, -0.15) is 0 Å². The van der Waals surface area contributed by atoms with Gasteiger partial charge in [0.2, 0.25) is 5.91 Å². The number of thioether (sulfide) groups is 2. The lowest BCUT2D eigenvalue weighted by atomic mass is 9.99. The molecule has 0 fully saturated rings. The number of carbonyl (C=O) groups excluding carboxylic acids is 2. The molecule has 2 atom stereocenters. The van der Waals surface area contributed by atoms with Crippen molar-refractivity contribution in [2.24, 2.45) is 5.92 Å². The minimum Gasteiger partial charge on any atom is -0.465 e. The summed E-state index contributed by atoms with van der Waals surface area (Å²) in [7, 11) is 0. The molecule has 142 valence electrons. The van der Waals surface area contributed by atoms with Crippen molar-refractivity contribution in [3.8, 4) is 0 Å². The van der Waals surface area contributed by atoms with E-state index in [2.05, 4.69) is 5.32 Å². The Labute approximate surface area is 171 Å². The molecule has 1 aromatic carbocycles. The fraction of sp³-hybridized carbons (Fsp3) is 0.300. The third-order valence-corrected chi connectivity index (χ3v) is 7.02. The summed E-state index contributed by atoms with van der Waals surface area (Å²) in [4.78, 5) is 27.1. The first-order valence-corrected chi connectivity index (χ1v) is 11.4. The summed E-state index contributed by atoms with van der Waals surface area (Å²) in [5.41, 5.74) is 2.11. The molecule has 0 unspecified atom stereocenters. The third-order valence-electron chi connectivity index (χ3n) is 4.02. The van der Waals surface area contributed by atoms with Gasteiger partial charge in [-0.3, -0.25) is 9.59 Å². The summed E-state index contributed by atoms with van der Waals surface area (Å²) < 4.78 is 5.26. The molecule has 0 saturated carbocycles. The predicted octanol–water partition coefficient (Wildman–Crippen LogP) is 4.56. The van der Waals surface area contributed by atoms with Gasteiger partial charge in [0, 0.05) is 9.77 Å². The zero-order valence-electron chi connectivity index (χ0n) is 15.1. The molecule has 0 aliphatic carbocycles. The number of esters is 1. The molecule has 1 amide bonds. The zero-order valence-corrected chi connectivity index (χ0v) is 17.6. The van der Waals surface area contributed by atoms with E-state index in [4.69, 9.17) is 4.74 Å². The Morgan fingerprint density at radius 3 is 2.67 bits per heavy atom. The summed E-state index contributed by atoms with van der Waals surface area (Å²) >= 11 is 4.53. The second-order valence-electron chi connectivity index (χ2n) is 6.01. The summed E-state index contributed by atoms with van der Waals surface area (Å²) in [6.45, 7) is 4.15. The number of rotatable bonds is 7. The number of hydrogen-bond donors (Lipinski definition) is 1. The molecular formula is C20H21NO3S3. The second-order valence-corrected chi connectivity index (χ2v) is 9.02. The van der Waals surface area contributed by atoms with Crippen LogP contribution in [-0.4, -0.2) is 29.6 Å². The van der Waals surface area contributed by atoms with Gasteiger partial charge >= 0.3 is 5.97 Å². The maximum absolute atomic E-state index is 12.5. The number of aryl methyl sites for hydroxylation is 1. The Bertz CT molecular complexity index is 816. The normalized spacial score (nSPS) is 18.8. The summed E-state index contributed by atoms with van der Waals surface area (Å²) in [6.07, 6.45) is 0. The number of thiophene rings is 1. The molecule has 0 bridgehead atoms.